The summed E-state index contributed by atoms with van der Waals surface area (Å²) in [6, 6.07) is 3.39. The Kier molecular flexibility index (Phi) is 4.09. The number of alkyl halides is 3. The lowest BCUT2D eigenvalue weighted by Gasteiger charge is -2.27. The van der Waals surface area contributed by atoms with Gasteiger partial charge in [0.15, 0.2) is 0 Å². The fraction of sp³-hybridized carbons (Fsp3) is 0.294. The molecule has 0 radical (unpaired) electrons. The lowest BCUT2D eigenvalue weighted by molar-refractivity contribution is -0.0689. The molecule has 1 aliphatic rings. The molecule has 118 valence electrons. The fourth-order valence-electron chi connectivity index (χ4n) is 2.54. The van der Waals surface area contributed by atoms with Crippen molar-refractivity contribution in [2.75, 3.05) is 5.32 Å². The van der Waals surface area contributed by atoms with Crippen LogP contribution < -0.4 is 5.32 Å². The largest absolute Gasteiger partial charge is 0.513 e. The number of hydrogen-bond donors (Lipinski definition) is 2. The molecule has 1 aromatic rings. The summed E-state index contributed by atoms with van der Waals surface area (Å²) in [7, 11) is 0. The highest BCUT2D eigenvalue weighted by atomic mass is 19.4. The summed E-state index contributed by atoms with van der Waals surface area (Å²) in [5.74, 6) is 0. The molecule has 0 saturated heterocycles. The highest BCUT2D eigenvalue weighted by molar-refractivity contribution is 5.93. The van der Waals surface area contributed by atoms with E-state index in [0.717, 1.165) is 22.8 Å². The summed E-state index contributed by atoms with van der Waals surface area (Å²) in [5, 5.41) is 11.9. The molecule has 5 heteroatoms. The van der Waals surface area contributed by atoms with E-state index in [-0.39, 0.29) is 11.3 Å². The Morgan fingerprint density at radius 3 is 2.32 bits per heavy atom. The van der Waals surface area contributed by atoms with E-state index in [1.165, 1.54) is 0 Å². The summed E-state index contributed by atoms with van der Waals surface area (Å²) < 4.78 is 40.5. The molecular formula is C17H18F3NO. The first-order valence-corrected chi connectivity index (χ1v) is 6.85. The molecule has 0 unspecified atom stereocenters. The number of aliphatic hydroxyl groups excluding tert-OH is 1. The number of halogens is 3. The molecule has 2 N–H and O–H groups in total. The van der Waals surface area contributed by atoms with E-state index in [0.29, 0.717) is 17.5 Å². The molecule has 0 spiro atoms. The zero-order valence-corrected chi connectivity index (χ0v) is 12.9. The van der Waals surface area contributed by atoms with Crippen molar-refractivity contribution in [1.29, 1.82) is 0 Å². The van der Waals surface area contributed by atoms with Gasteiger partial charge in [0.05, 0.1) is 11.3 Å². The number of aliphatic hydroxyl groups is 1. The van der Waals surface area contributed by atoms with Crippen molar-refractivity contribution in [2.45, 2.75) is 33.9 Å². The summed E-state index contributed by atoms with van der Waals surface area (Å²) in [5.41, 5.74) is 2.90. The molecule has 0 atom stereocenters. The van der Waals surface area contributed by atoms with Crippen molar-refractivity contribution >= 4 is 16.8 Å². The monoisotopic (exact) mass is 309 g/mol. The molecule has 0 fully saturated rings. The second-order valence-corrected chi connectivity index (χ2v) is 5.57. The SMILES string of the molecule is CC(C)=C(C)c1c(C)ccc2c1C(C(F)(F)F)=C/C(=C/O)N2. The first-order valence-electron chi connectivity index (χ1n) is 6.85. The van der Waals surface area contributed by atoms with E-state index in [4.69, 9.17) is 5.11 Å². The summed E-state index contributed by atoms with van der Waals surface area (Å²) in [6.45, 7) is 7.37. The van der Waals surface area contributed by atoms with Gasteiger partial charge in [-0.15, -0.1) is 0 Å². The quantitative estimate of drug-likeness (QED) is 0.664. The van der Waals surface area contributed by atoms with E-state index in [1.54, 1.807) is 19.1 Å². The maximum Gasteiger partial charge on any atom is 0.417 e. The molecule has 1 heterocycles. The first-order chi connectivity index (χ1) is 10.2. The molecule has 1 aromatic carbocycles. The molecule has 0 amide bonds. The van der Waals surface area contributed by atoms with Crippen molar-refractivity contribution in [3.63, 3.8) is 0 Å². The zero-order chi connectivity index (χ0) is 16.7. The topological polar surface area (TPSA) is 32.3 Å². The average molecular weight is 309 g/mol. The number of aryl methyl sites for hydroxylation is 1. The third-order valence-corrected chi connectivity index (χ3v) is 3.83. The van der Waals surface area contributed by atoms with Gasteiger partial charge in [-0.25, -0.2) is 0 Å². The van der Waals surface area contributed by atoms with Gasteiger partial charge < -0.3 is 10.4 Å². The normalized spacial score (nSPS) is 16.0. The first kappa shape index (κ1) is 16.2. The van der Waals surface area contributed by atoms with Crippen LogP contribution in [-0.2, 0) is 0 Å². The van der Waals surface area contributed by atoms with E-state index in [1.807, 2.05) is 20.8 Å². The molecule has 1 aliphatic heterocycles. The van der Waals surface area contributed by atoms with Gasteiger partial charge in [0.2, 0.25) is 0 Å². The van der Waals surface area contributed by atoms with Crippen LogP contribution in [0, 0.1) is 6.92 Å². The van der Waals surface area contributed by atoms with Gasteiger partial charge in [0.1, 0.15) is 6.26 Å². The molecule has 2 nitrogen and oxygen atoms in total. The Hall–Kier alpha value is -2.17. The van der Waals surface area contributed by atoms with E-state index in [9.17, 15) is 13.2 Å². The summed E-state index contributed by atoms with van der Waals surface area (Å²) in [4.78, 5) is 0. The van der Waals surface area contributed by atoms with Crippen LogP contribution in [0.3, 0.4) is 0 Å². The van der Waals surface area contributed by atoms with Crippen LogP contribution in [0.25, 0.3) is 11.1 Å². The maximum atomic E-state index is 13.5. The van der Waals surface area contributed by atoms with Crippen LogP contribution in [-0.4, -0.2) is 11.3 Å². The summed E-state index contributed by atoms with van der Waals surface area (Å²) >= 11 is 0. The van der Waals surface area contributed by atoms with Crippen LogP contribution >= 0.6 is 0 Å². The predicted octanol–water partition coefficient (Wildman–Crippen LogP) is 5.58. The van der Waals surface area contributed by atoms with Gasteiger partial charge in [0, 0.05) is 11.3 Å². The number of nitrogens with one attached hydrogen (secondary N) is 1. The lowest BCUT2D eigenvalue weighted by atomic mass is 9.86. The Labute approximate surface area is 127 Å². The number of benzene rings is 1. The standard InChI is InChI=1S/C17H18F3NO/c1-9(2)11(4)15-10(3)5-6-14-16(15)13(17(18,19)20)7-12(8-22)21-14/h5-8,21-22H,1-4H3/b12-8-. The predicted molar refractivity (Wildman–Crippen MR) is 83.5 cm³/mol. The van der Waals surface area contributed by atoms with E-state index in [2.05, 4.69) is 5.32 Å². The minimum absolute atomic E-state index is 0.0180. The Morgan fingerprint density at radius 2 is 1.82 bits per heavy atom. The summed E-state index contributed by atoms with van der Waals surface area (Å²) in [6.07, 6.45) is -2.93. The highest BCUT2D eigenvalue weighted by Crippen LogP contribution is 2.45. The number of rotatable bonds is 1. The van der Waals surface area contributed by atoms with Crippen molar-refractivity contribution in [1.82, 2.24) is 0 Å². The second-order valence-electron chi connectivity index (χ2n) is 5.57. The smallest absolute Gasteiger partial charge is 0.417 e. The fourth-order valence-corrected chi connectivity index (χ4v) is 2.54. The molecule has 2 rings (SSSR count). The number of hydrogen-bond acceptors (Lipinski definition) is 2. The second kappa shape index (κ2) is 5.55. The Bertz CT molecular complexity index is 705. The number of allylic oxidation sites excluding steroid dienone is 4. The molecule has 22 heavy (non-hydrogen) atoms. The van der Waals surface area contributed by atoms with Crippen molar-refractivity contribution in [2.24, 2.45) is 0 Å². The lowest BCUT2D eigenvalue weighted by Crippen LogP contribution is -2.19. The molecule has 0 saturated carbocycles. The Morgan fingerprint density at radius 1 is 1.18 bits per heavy atom. The van der Waals surface area contributed by atoms with Crippen molar-refractivity contribution in [3.05, 3.63) is 52.4 Å². The van der Waals surface area contributed by atoms with Crippen LogP contribution in [0.5, 0.6) is 0 Å². The van der Waals surface area contributed by atoms with Gasteiger partial charge in [0.25, 0.3) is 0 Å². The molecule has 0 aliphatic carbocycles. The van der Waals surface area contributed by atoms with Gasteiger partial charge >= 0.3 is 6.18 Å². The number of anilines is 1. The molecular weight excluding hydrogens is 291 g/mol. The van der Waals surface area contributed by atoms with Crippen molar-refractivity contribution in [3.8, 4) is 0 Å². The minimum atomic E-state index is -4.50. The molecule has 0 bridgehead atoms. The maximum absolute atomic E-state index is 13.5. The third kappa shape index (κ3) is 2.75. The average Bonchev–Trinajstić information content (AvgIpc) is 2.44. The number of fused-ring (bicyclic) bond motifs is 1. The van der Waals surface area contributed by atoms with Gasteiger partial charge in [-0.05, 0) is 56.5 Å². The van der Waals surface area contributed by atoms with Gasteiger partial charge in [-0.1, -0.05) is 11.6 Å². The van der Waals surface area contributed by atoms with Crippen LogP contribution in [0.1, 0.15) is 37.5 Å². The minimum Gasteiger partial charge on any atom is -0.513 e. The van der Waals surface area contributed by atoms with Gasteiger partial charge in [-0.2, -0.15) is 13.2 Å². The van der Waals surface area contributed by atoms with Crippen molar-refractivity contribution < 1.29 is 18.3 Å². The third-order valence-electron chi connectivity index (χ3n) is 3.83. The van der Waals surface area contributed by atoms with Crippen LogP contribution in [0.4, 0.5) is 18.9 Å². The van der Waals surface area contributed by atoms with Crippen LogP contribution in [0.15, 0.2) is 35.7 Å². The van der Waals surface area contributed by atoms with E-state index >= 15 is 0 Å². The molecule has 0 aromatic heterocycles. The zero-order valence-electron chi connectivity index (χ0n) is 12.9. The Balaban J connectivity index is 2.87. The van der Waals surface area contributed by atoms with Crippen LogP contribution in [0.2, 0.25) is 0 Å². The highest BCUT2D eigenvalue weighted by Gasteiger charge is 2.39. The van der Waals surface area contributed by atoms with Gasteiger partial charge in [-0.3, -0.25) is 0 Å². The van der Waals surface area contributed by atoms with E-state index < -0.39 is 11.7 Å².